The number of nitrogens with zero attached hydrogens (tertiary/aromatic N) is 2. The maximum Gasteiger partial charge on any atom is 0.414 e. The Morgan fingerprint density at radius 1 is 1.41 bits per heavy atom. The number of likely N-dealkylation sites (tertiary alicyclic amines) is 1. The molecular weight excluding hydrogens is 301 g/mol. The lowest BCUT2D eigenvalue weighted by Gasteiger charge is -2.29. The smallest absolute Gasteiger partial charge is 0.414 e. The van der Waals surface area contributed by atoms with Gasteiger partial charge in [0.2, 0.25) is 0 Å². The molecule has 22 heavy (non-hydrogen) atoms. The first-order chi connectivity index (χ1) is 9.69. The number of hydrogen-bond donors (Lipinski definition) is 1. The standard InChI is InChI=1S/C14H23F3N2O3/c1-12(2,3)22-11(21)19-8-13(4,14(15,16)17)10(20)9(19)7-18(5)6/h7,10,20H,8H2,1-6H3/b9-7+. The van der Waals surface area contributed by atoms with Gasteiger partial charge in [-0.25, -0.2) is 4.79 Å². The van der Waals surface area contributed by atoms with Crippen LogP contribution in [-0.4, -0.2) is 59.5 Å². The van der Waals surface area contributed by atoms with Crippen LogP contribution >= 0.6 is 0 Å². The van der Waals surface area contributed by atoms with Crippen molar-refractivity contribution in [2.24, 2.45) is 5.41 Å². The van der Waals surface area contributed by atoms with E-state index in [9.17, 15) is 23.1 Å². The summed E-state index contributed by atoms with van der Waals surface area (Å²) >= 11 is 0. The Bertz CT molecular complexity index is 469. The highest BCUT2D eigenvalue weighted by atomic mass is 19.4. The van der Waals surface area contributed by atoms with E-state index in [2.05, 4.69) is 0 Å². The van der Waals surface area contributed by atoms with E-state index in [0.717, 1.165) is 11.8 Å². The molecule has 2 unspecified atom stereocenters. The third-order valence-corrected chi connectivity index (χ3v) is 3.33. The topological polar surface area (TPSA) is 53.0 Å². The van der Waals surface area contributed by atoms with Crippen molar-refractivity contribution in [1.29, 1.82) is 0 Å². The zero-order chi connectivity index (χ0) is 17.5. The molecule has 0 radical (unpaired) electrons. The van der Waals surface area contributed by atoms with E-state index in [0.29, 0.717) is 0 Å². The van der Waals surface area contributed by atoms with Gasteiger partial charge in [-0.3, -0.25) is 4.90 Å². The van der Waals surface area contributed by atoms with Crippen molar-refractivity contribution in [3.63, 3.8) is 0 Å². The number of carbonyl (C=O) groups is 1. The van der Waals surface area contributed by atoms with Gasteiger partial charge in [0.25, 0.3) is 0 Å². The fraction of sp³-hybridized carbons (Fsp3) is 0.786. The molecule has 0 aliphatic carbocycles. The normalized spacial score (nSPS) is 28.2. The molecule has 1 heterocycles. The van der Waals surface area contributed by atoms with Gasteiger partial charge < -0.3 is 14.7 Å². The molecule has 1 aliphatic rings. The molecule has 1 N–H and O–H groups in total. The zero-order valence-corrected chi connectivity index (χ0v) is 13.7. The van der Waals surface area contributed by atoms with Crippen molar-refractivity contribution in [3.05, 3.63) is 11.9 Å². The first-order valence-corrected chi connectivity index (χ1v) is 6.82. The van der Waals surface area contributed by atoms with E-state index >= 15 is 0 Å². The Morgan fingerprint density at radius 3 is 2.27 bits per heavy atom. The lowest BCUT2D eigenvalue weighted by atomic mass is 9.85. The summed E-state index contributed by atoms with van der Waals surface area (Å²) in [5.74, 6) is 0. The third-order valence-electron chi connectivity index (χ3n) is 3.33. The number of amides is 1. The molecule has 0 aromatic rings. The van der Waals surface area contributed by atoms with Crippen LogP contribution < -0.4 is 0 Å². The Kier molecular flexibility index (Phi) is 4.77. The van der Waals surface area contributed by atoms with Crippen LogP contribution in [0.25, 0.3) is 0 Å². The summed E-state index contributed by atoms with van der Waals surface area (Å²) in [6, 6.07) is 0. The van der Waals surface area contributed by atoms with Gasteiger partial charge in [0.1, 0.15) is 17.1 Å². The van der Waals surface area contributed by atoms with E-state index in [1.807, 2.05) is 0 Å². The summed E-state index contributed by atoms with van der Waals surface area (Å²) in [5.41, 5.74) is -3.41. The fourth-order valence-corrected chi connectivity index (χ4v) is 2.12. The summed E-state index contributed by atoms with van der Waals surface area (Å²) in [7, 11) is 3.19. The molecule has 1 rings (SSSR count). The number of alkyl halides is 3. The van der Waals surface area contributed by atoms with Crippen LogP contribution in [0.4, 0.5) is 18.0 Å². The van der Waals surface area contributed by atoms with Crippen LogP contribution in [0, 0.1) is 5.41 Å². The number of carbonyl (C=O) groups excluding carboxylic acids is 1. The highest BCUT2D eigenvalue weighted by molar-refractivity contribution is 5.71. The maximum absolute atomic E-state index is 13.3. The molecule has 5 nitrogen and oxygen atoms in total. The molecule has 1 saturated heterocycles. The van der Waals surface area contributed by atoms with Crippen LogP contribution in [0.5, 0.6) is 0 Å². The van der Waals surface area contributed by atoms with Crippen molar-refractivity contribution in [3.8, 4) is 0 Å². The van der Waals surface area contributed by atoms with Crippen molar-refractivity contribution >= 4 is 6.09 Å². The average molecular weight is 324 g/mol. The summed E-state index contributed by atoms with van der Waals surface area (Å²) in [6.45, 7) is 5.07. The Hall–Kier alpha value is -1.44. The van der Waals surface area contributed by atoms with Crippen LogP contribution in [0.1, 0.15) is 27.7 Å². The predicted octanol–water partition coefficient (Wildman–Crippen LogP) is 2.57. The van der Waals surface area contributed by atoms with Gasteiger partial charge >= 0.3 is 12.3 Å². The number of rotatable bonds is 1. The van der Waals surface area contributed by atoms with Crippen LogP contribution in [0.3, 0.4) is 0 Å². The van der Waals surface area contributed by atoms with E-state index in [-0.39, 0.29) is 5.70 Å². The van der Waals surface area contributed by atoms with Crippen LogP contribution in [-0.2, 0) is 4.74 Å². The van der Waals surface area contributed by atoms with Crippen molar-refractivity contribution in [1.82, 2.24) is 9.80 Å². The molecule has 0 bridgehead atoms. The third kappa shape index (κ3) is 3.66. The molecule has 1 amide bonds. The van der Waals surface area contributed by atoms with Gasteiger partial charge in [0.15, 0.2) is 0 Å². The van der Waals surface area contributed by atoms with Crippen LogP contribution in [0.2, 0.25) is 0 Å². The molecule has 0 aromatic heterocycles. The second-order valence-corrected chi connectivity index (χ2v) is 6.90. The Morgan fingerprint density at radius 2 is 1.91 bits per heavy atom. The maximum atomic E-state index is 13.3. The molecule has 0 aromatic carbocycles. The lowest BCUT2D eigenvalue weighted by molar-refractivity contribution is -0.233. The van der Waals surface area contributed by atoms with Crippen molar-refractivity contribution < 1.29 is 27.8 Å². The minimum atomic E-state index is -4.66. The summed E-state index contributed by atoms with van der Waals surface area (Å²) in [5, 5.41) is 10.1. The summed E-state index contributed by atoms with van der Waals surface area (Å²) < 4.78 is 45.0. The molecule has 0 spiro atoms. The van der Waals surface area contributed by atoms with Gasteiger partial charge in [-0.15, -0.1) is 0 Å². The molecule has 8 heteroatoms. The van der Waals surface area contributed by atoms with Gasteiger partial charge in [-0.2, -0.15) is 13.2 Å². The number of hydrogen-bond acceptors (Lipinski definition) is 4. The molecule has 2 atom stereocenters. The molecule has 0 saturated carbocycles. The first kappa shape index (κ1) is 18.6. The average Bonchev–Trinajstić information content (AvgIpc) is 2.51. The van der Waals surface area contributed by atoms with Gasteiger partial charge in [0.05, 0.1) is 5.70 Å². The Balaban J connectivity index is 3.23. The molecule has 128 valence electrons. The Labute approximate surface area is 128 Å². The van der Waals surface area contributed by atoms with Gasteiger partial charge in [0, 0.05) is 26.8 Å². The lowest BCUT2D eigenvalue weighted by Crippen LogP contribution is -2.45. The SMILES string of the molecule is CN(C)/C=C1\C(O)C(C)(C(F)(F)F)CN1C(=O)OC(C)(C)C. The van der Waals surface area contributed by atoms with Gasteiger partial charge in [-0.1, -0.05) is 0 Å². The van der Waals surface area contributed by atoms with Crippen LogP contribution in [0.15, 0.2) is 11.9 Å². The number of ether oxygens (including phenoxy) is 1. The fourth-order valence-electron chi connectivity index (χ4n) is 2.12. The largest absolute Gasteiger partial charge is 0.443 e. The van der Waals surface area contributed by atoms with Crippen molar-refractivity contribution in [2.45, 2.75) is 45.6 Å². The quantitative estimate of drug-likeness (QED) is 0.805. The van der Waals surface area contributed by atoms with E-state index in [1.54, 1.807) is 34.9 Å². The number of halogens is 3. The molecular formula is C14H23F3N2O3. The zero-order valence-electron chi connectivity index (χ0n) is 13.7. The molecule has 1 fully saturated rings. The molecule has 1 aliphatic heterocycles. The second-order valence-electron chi connectivity index (χ2n) is 6.90. The monoisotopic (exact) mass is 324 g/mol. The van der Waals surface area contributed by atoms with E-state index in [1.165, 1.54) is 11.1 Å². The summed E-state index contributed by atoms with van der Waals surface area (Å²) in [4.78, 5) is 14.5. The predicted molar refractivity (Wildman–Crippen MR) is 74.9 cm³/mol. The van der Waals surface area contributed by atoms with Gasteiger partial charge in [-0.05, 0) is 27.7 Å². The van der Waals surface area contributed by atoms with E-state index < -0.39 is 35.9 Å². The minimum absolute atomic E-state index is 0.126. The number of aliphatic hydroxyl groups is 1. The van der Waals surface area contributed by atoms with E-state index in [4.69, 9.17) is 4.74 Å². The second kappa shape index (κ2) is 5.64. The number of aliphatic hydroxyl groups excluding tert-OH is 1. The summed E-state index contributed by atoms with van der Waals surface area (Å²) in [6.07, 6.45) is -6.12. The van der Waals surface area contributed by atoms with Crippen molar-refractivity contribution in [2.75, 3.05) is 20.6 Å². The highest BCUT2D eigenvalue weighted by Crippen LogP contribution is 2.49. The minimum Gasteiger partial charge on any atom is -0.443 e. The highest BCUT2D eigenvalue weighted by Gasteiger charge is 2.63. The first-order valence-electron chi connectivity index (χ1n) is 6.82.